The number of hydrogen-bond donors (Lipinski definition) is 1. The van der Waals surface area contributed by atoms with Crippen LogP contribution in [0.15, 0.2) is 24.3 Å². The first-order chi connectivity index (χ1) is 8.27. The summed E-state index contributed by atoms with van der Waals surface area (Å²) in [5.41, 5.74) is 0.617. The lowest BCUT2D eigenvalue weighted by Crippen LogP contribution is -2.27. The zero-order chi connectivity index (χ0) is 12.5. The van der Waals surface area contributed by atoms with E-state index in [1.165, 1.54) is 0 Å². The van der Waals surface area contributed by atoms with Gasteiger partial charge in [0.05, 0.1) is 20.3 Å². The van der Waals surface area contributed by atoms with E-state index in [2.05, 4.69) is 21.2 Å². The second kappa shape index (κ2) is 8.08. The van der Waals surface area contributed by atoms with Gasteiger partial charge in [-0.25, -0.2) is 0 Å². The fourth-order valence-corrected chi connectivity index (χ4v) is 1.47. The van der Waals surface area contributed by atoms with Gasteiger partial charge in [-0.15, -0.1) is 0 Å². The van der Waals surface area contributed by atoms with E-state index in [-0.39, 0.29) is 5.91 Å². The summed E-state index contributed by atoms with van der Waals surface area (Å²) in [5.74, 6) is 0.636. The molecule has 1 N–H and O–H groups in total. The van der Waals surface area contributed by atoms with Crippen LogP contribution >= 0.6 is 15.9 Å². The highest BCUT2D eigenvalue weighted by Gasteiger charge is 2.04. The molecule has 0 spiro atoms. The van der Waals surface area contributed by atoms with Crippen LogP contribution in [0.5, 0.6) is 5.75 Å². The summed E-state index contributed by atoms with van der Waals surface area (Å²) in [4.78, 5) is 11.7. The molecule has 1 rings (SSSR count). The van der Waals surface area contributed by atoms with Crippen molar-refractivity contribution >= 4 is 21.8 Å². The summed E-state index contributed by atoms with van der Waals surface area (Å²) in [6.45, 7) is 1.68. The van der Waals surface area contributed by atoms with Crippen molar-refractivity contribution in [1.29, 1.82) is 0 Å². The Morgan fingerprint density at radius 1 is 1.29 bits per heavy atom. The van der Waals surface area contributed by atoms with Crippen LogP contribution in [0.2, 0.25) is 0 Å². The summed E-state index contributed by atoms with van der Waals surface area (Å²) < 4.78 is 10.2. The molecule has 1 aromatic rings. The molecule has 1 amide bonds. The molecule has 0 aliphatic heterocycles. The smallest absolute Gasteiger partial charge is 0.251 e. The molecule has 1 aromatic carbocycles. The maximum absolute atomic E-state index is 11.7. The maximum atomic E-state index is 11.7. The minimum absolute atomic E-state index is 0.102. The third-order valence-corrected chi connectivity index (χ3v) is 2.43. The number of amides is 1. The summed E-state index contributed by atoms with van der Waals surface area (Å²) in [6, 6.07) is 6.98. The van der Waals surface area contributed by atoms with E-state index in [0.717, 1.165) is 11.1 Å². The van der Waals surface area contributed by atoms with Crippen molar-refractivity contribution in [2.75, 3.05) is 32.2 Å². The second-order valence-electron chi connectivity index (χ2n) is 3.29. The van der Waals surface area contributed by atoms with Gasteiger partial charge in [0.2, 0.25) is 0 Å². The van der Waals surface area contributed by atoms with Crippen LogP contribution in [0.25, 0.3) is 0 Å². The number of halogens is 1. The van der Waals surface area contributed by atoms with Gasteiger partial charge in [-0.05, 0) is 24.3 Å². The maximum Gasteiger partial charge on any atom is 0.251 e. The molecule has 0 bridgehead atoms. The molecule has 0 aromatic heterocycles. The molecule has 0 aliphatic carbocycles. The van der Waals surface area contributed by atoms with Crippen LogP contribution in [-0.2, 0) is 4.74 Å². The first-order valence-corrected chi connectivity index (χ1v) is 6.46. The van der Waals surface area contributed by atoms with Crippen molar-refractivity contribution in [1.82, 2.24) is 5.32 Å². The van der Waals surface area contributed by atoms with Crippen molar-refractivity contribution in [3.05, 3.63) is 29.8 Å². The van der Waals surface area contributed by atoms with E-state index in [9.17, 15) is 4.79 Å². The van der Waals surface area contributed by atoms with E-state index >= 15 is 0 Å². The van der Waals surface area contributed by atoms with Crippen LogP contribution in [-0.4, -0.2) is 38.1 Å². The predicted octanol–water partition coefficient (Wildman–Crippen LogP) is 1.84. The van der Waals surface area contributed by atoms with Crippen molar-refractivity contribution in [2.24, 2.45) is 0 Å². The number of carbonyl (C=O) groups excluding carboxylic acids is 1. The van der Waals surface area contributed by atoms with Crippen molar-refractivity contribution in [2.45, 2.75) is 0 Å². The Kier molecular flexibility index (Phi) is 6.65. The lowest BCUT2D eigenvalue weighted by molar-refractivity contribution is 0.0924. The topological polar surface area (TPSA) is 47.6 Å². The van der Waals surface area contributed by atoms with Crippen LogP contribution in [0.3, 0.4) is 0 Å². The van der Waals surface area contributed by atoms with Gasteiger partial charge in [-0.3, -0.25) is 4.79 Å². The molecule has 0 saturated heterocycles. The fraction of sp³-hybridized carbons (Fsp3) is 0.417. The lowest BCUT2D eigenvalue weighted by atomic mass is 10.2. The Balaban J connectivity index is 2.31. The average Bonchev–Trinajstić information content (AvgIpc) is 2.38. The molecule has 0 unspecified atom stereocenters. The van der Waals surface area contributed by atoms with Gasteiger partial charge in [-0.2, -0.15) is 0 Å². The van der Waals surface area contributed by atoms with E-state index in [1.54, 1.807) is 31.4 Å². The number of nitrogens with one attached hydrogen (secondary N) is 1. The van der Waals surface area contributed by atoms with Crippen molar-refractivity contribution < 1.29 is 14.3 Å². The van der Waals surface area contributed by atoms with Gasteiger partial charge in [0.15, 0.2) is 0 Å². The largest absolute Gasteiger partial charge is 0.497 e. The summed E-state index contributed by atoms with van der Waals surface area (Å²) in [7, 11) is 1.59. The van der Waals surface area contributed by atoms with Crippen molar-refractivity contribution in [3.8, 4) is 5.75 Å². The average molecular weight is 302 g/mol. The first kappa shape index (κ1) is 14.0. The third kappa shape index (κ3) is 5.19. The molecule has 4 nitrogen and oxygen atoms in total. The summed E-state index contributed by atoms with van der Waals surface area (Å²) in [6.07, 6.45) is 0. The van der Waals surface area contributed by atoms with Gasteiger partial charge in [-0.1, -0.05) is 15.9 Å². The molecular formula is C12H16BrNO3. The van der Waals surface area contributed by atoms with E-state index < -0.39 is 0 Å². The third-order valence-electron chi connectivity index (χ3n) is 2.11. The number of benzene rings is 1. The molecule has 0 atom stereocenters. The number of rotatable bonds is 7. The van der Waals surface area contributed by atoms with Crippen LogP contribution < -0.4 is 10.1 Å². The zero-order valence-electron chi connectivity index (χ0n) is 9.74. The number of alkyl halides is 1. The molecular weight excluding hydrogens is 286 g/mol. The summed E-state index contributed by atoms with van der Waals surface area (Å²) >= 11 is 3.26. The monoisotopic (exact) mass is 301 g/mol. The first-order valence-electron chi connectivity index (χ1n) is 5.34. The Labute approximate surface area is 109 Å². The van der Waals surface area contributed by atoms with Crippen LogP contribution in [0.4, 0.5) is 0 Å². The van der Waals surface area contributed by atoms with Gasteiger partial charge in [0, 0.05) is 17.4 Å². The van der Waals surface area contributed by atoms with Crippen LogP contribution in [0.1, 0.15) is 10.4 Å². The van der Waals surface area contributed by atoms with Gasteiger partial charge in [0.1, 0.15) is 5.75 Å². The van der Waals surface area contributed by atoms with Crippen molar-refractivity contribution in [3.63, 3.8) is 0 Å². The number of hydrogen-bond acceptors (Lipinski definition) is 3. The highest BCUT2D eigenvalue weighted by molar-refractivity contribution is 9.09. The molecule has 0 radical (unpaired) electrons. The standard InChI is InChI=1S/C12H16BrNO3/c1-16-11-4-2-10(3-5-11)12(15)14-7-9-17-8-6-13/h2-5H,6-9H2,1H3,(H,14,15). The van der Waals surface area contributed by atoms with Gasteiger partial charge >= 0.3 is 0 Å². The Morgan fingerprint density at radius 3 is 2.59 bits per heavy atom. The van der Waals surface area contributed by atoms with E-state index in [1.807, 2.05) is 0 Å². The molecule has 17 heavy (non-hydrogen) atoms. The molecule has 0 saturated carbocycles. The normalized spacial score (nSPS) is 10.0. The Morgan fingerprint density at radius 2 is 2.00 bits per heavy atom. The Hall–Kier alpha value is -1.07. The van der Waals surface area contributed by atoms with E-state index in [0.29, 0.717) is 25.3 Å². The molecule has 0 fully saturated rings. The second-order valence-corrected chi connectivity index (χ2v) is 4.08. The highest BCUT2D eigenvalue weighted by atomic mass is 79.9. The van der Waals surface area contributed by atoms with Gasteiger partial charge < -0.3 is 14.8 Å². The predicted molar refractivity (Wildman–Crippen MR) is 69.9 cm³/mol. The number of carbonyl (C=O) groups is 1. The highest BCUT2D eigenvalue weighted by Crippen LogP contribution is 2.10. The SMILES string of the molecule is COc1ccc(C(=O)NCCOCCBr)cc1. The quantitative estimate of drug-likeness (QED) is 0.617. The minimum Gasteiger partial charge on any atom is -0.497 e. The minimum atomic E-state index is -0.102. The molecule has 5 heteroatoms. The fourth-order valence-electron chi connectivity index (χ4n) is 1.24. The molecule has 0 aliphatic rings. The summed E-state index contributed by atoms with van der Waals surface area (Å²) in [5, 5.41) is 3.58. The van der Waals surface area contributed by atoms with Gasteiger partial charge in [0.25, 0.3) is 5.91 Å². The number of methoxy groups -OCH3 is 1. The van der Waals surface area contributed by atoms with E-state index in [4.69, 9.17) is 9.47 Å². The van der Waals surface area contributed by atoms with Crippen LogP contribution in [0, 0.1) is 0 Å². The Bertz CT molecular complexity index is 340. The molecule has 0 heterocycles. The molecule has 94 valence electrons. The lowest BCUT2D eigenvalue weighted by Gasteiger charge is -2.06. The zero-order valence-corrected chi connectivity index (χ0v) is 11.3. The number of ether oxygens (including phenoxy) is 2.